The zero-order valence-corrected chi connectivity index (χ0v) is 15.5. The lowest BCUT2D eigenvalue weighted by molar-refractivity contribution is -0.384. The number of allylic oxidation sites excluding steroid dienone is 1. The number of amides is 1. The fraction of sp³-hybridized carbons (Fsp3) is 0.182. The predicted molar refractivity (Wildman–Crippen MR) is 107 cm³/mol. The van der Waals surface area contributed by atoms with Crippen molar-refractivity contribution in [3.8, 4) is 0 Å². The van der Waals surface area contributed by atoms with E-state index in [-0.39, 0.29) is 17.0 Å². The largest absolute Gasteiger partial charge is 0.277 e. The van der Waals surface area contributed by atoms with Crippen LogP contribution < -0.4 is 4.90 Å². The Labute approximate surface area is 161 Å². The number of hydrogen-bond acceptors (Lipinski definition) is 4. The lowest BCUT2D eigenvalue weighted by atomic mass is 9.79. The standard InChI is InChI=1S/C22H17N3O3/c1-22(2)11-17-20-18(12-22)24(13-7-9-14(10-8-13)25(27)28)21(26)19(20)15-5-3-4-6-16(15)23-17/h3-10,12H,11H2,1-2H3. The zero-order valence-electron chi connectivity index (χ0n) is 15.5. The van der Waals surface area contributed by atoms with Crippen LogP contribution in [0.4, 0.5) is 11.4 Å². The van der Waals surface area contributed by atoms with Gasteiger partial charge in [-0.2, -0.15) is 0 Å². The molecule has 0 atom stereocenters. The number of nitro groups is 1. The van der Waals surface area contributed by atoms with Gasteiger partial charge in [0.2, 0.25) is 0 Å². The molecule has 1 aliphatic carbocycles. The summed E-state index contributed by atoms with van der Waals surface area (Å²) in [5, 5.41) is 11.8. The van der Waals surface area contributed by atoms with Crippen LogP contribution in [-0.2, 0) is 6.42 Å². The molecule has 2 aromatic carbocycles. The lowest BCUT2D eigenvalue weighted by Crippen LogP contribution is -2.26. The zero-order chi connectivity index (χ0) is 19.6. The molecule has 0 spiro atoms. The third-order valence-corrected chi connectivity index (χ3v) is 5.35. The molecule has 1 amide bonds. The number of carbonyl (C=O) groups excluding carboxylic acids is 1. The van der Waals surface area contributed by atoms with Crippen LogP contribution >= 0.6 is 0 Å². The van der Waals surface area contributed by atoms with Crippen LogP contribution in [0.25, 0.3) is 16.6 Å². The van der Waals surface area contributed by atoms with Gasteiger partial charge in [0.05, 0.1) is 27.4 Å². The summed E-state index contributed by atoms with van der Waals surface area (Å²) in [5.41, 5.74) is 4.57. The molecule has 0 radical (unpaired) electrons. The first-order valence-electron chi connectivity index (χ1n) is 9.09. The van der Waals surface area contributed by atoms with Crippen molar-refractivity contribution in [3.05, 3.63) is 81.5 Å². The molecule has 0 fully saturated rings. The number of hydrogen-bond donors (Lipinski definition) is 0. The van der Waals surface area contributed by atoms with Crippen LogP contribution in [0, 0.1) is 15.5 Å². The number of rotatable bonds is 2. The third-order valence-electron chi connectivity index (χ3n) is 5.35. The number of nitro benzene ring substituents is 1. The van der Waals surface area contributed by atoms with Gasteiger partial charge in [0, 0.05) is 28.8 Å². The minimum Gasteiger partial charge on any atom is -0.277 e. The molecule has 0 saturated carbocycles. The molecular formula is C22H17N3O3. The van der Waals surface area contributed by atoms with Crippen molar-refractivity contribution in [2.75, 3.05) is 4.90 Å². The topological polar surface area (TPSA) is 76.3 Å². The Morgan fingerprint density at radius 3 is 2.50 bits per heavy atom. The SMILES string of the molecule is CC1(C)C=C2c3c(nc4ccccc4c3C(=O)N2c2ccc([N+](=O)[O-])cc2)C1. The van der Waals surface area contributed by atoms with E-state index in [1.807, 2.05) is 24.3 Å². The Morgan fingerprint density at radius 2 is 1.79 bits per heavy atom. The second-order valence-corrected chi connectivity index (χ2v) is 7.93. The van der Waals surface area contributed by atoms with Gasteiger partial charge in [-0.1, -0.05) is 38.1 Å². The molecule has 3 aromatic rings. The average Bonchev–Trinajstić information content (AvgIpc) is 2.94. The highest BCUT2D eigenvalue weighted by molar-refractivity contribution is 6.27. The van der Waals surface area contributed by atoms with Gasteiger partial charge in [0.25, 0.3) is 11.6 Å². The quantitative estimate of drug-likeness (QED) is 0.482. The minimum absolute atomic E-state index is 0.00123. The molecule has 6 nitrogen and oxygen atoms in total. The van der Waals surface area contributed by atoms with Gasteiger partial charge in [0.15, 0.2) is 0 Å². The predicted octanol–water partition coefficient (Wildman–Crippen LogP) is 4.73. The fourth-order valence-corrected chi connectivity index (χ4v) is 4.19. The van der Waals surface area contributed by atoms with Crippen LogP contribution in [0.15, 0.2) is 54.6 Å². The van der Waals surface area contributed by atoms with Crippen molar-refractivity contribution in [3.63, 3.8) is 0 Å². The minimum atomic E-state index is -0.442. The van der Waals surface area contributed by atoms with Crippen molar-refractivity contribution in [1.82, 2.24) is 4.98 Å². The van der Waals surface area contributed by atoms with Gasteiger partial charge in [-0.25, -0.2) is 0 Å². The average molecular weight is 371 g/mol. The number of nitrogens with zero attached hydrogens (tertiary/aromatic N) is 3. The normalized spacial score (nSPS) is 16.9. The maximum atomic E-state index is 13.5. The second kappa shape index (κ2) is 5.48. The first-order chi connectivity index (χ1) is 13.4. The Bertz CT molecular complexity index is 1210. The number of pyridine rings is 1. The summed E-state index contributed by atoms with van der Waals surface area (Å²) in [4.78, 5) is 30.6. The maximum absolute atomic E-state index is 13.5. The van der Waals surface area contributed by atoms with Crippen molar-refractivity contribution in [2.45, 2.75) is 20.3 Å². The molecule has 2 aliphatic rings. The summed E-state index contributed by atoms with van der Waals surface area (Å²) in [6.07, 6.45) is 2.87. The lowest BCUT2D eigenvalue weighted by Gasteiger charge is -2.30. The maximum Gasteiger partial charge on any atom is 0.269 e. The third kappa shape index (κ3) is 2.27. The Hall–Kier alpha value is -3.54. The Balaban J connectivity index is 1.77. The molecule has 0 unspecified atom stereocenters. The van der Waals surface area contributed by atoms with E-state index in [0.29, 0.717) is 11.3 Å². The van der Waals surface area contributed by atoms with Gasteiger partial charge in [-0.05, 0) is 30.0 Å². The summed E-state index contributed by atoms with van der Waals surface area (Å²) in [6, 6.07) is 13.8. The summed E-state index contributed by atoms with van der Waals surface area (Å²) in [7, 11) is 0. The Morgan fingerprint density at radius 1 is 1.07 bits per heavy atom. The number of non-ortho nitro benzene ring substituents is 1. The molecule has 5 rings (SSSR count). The summed E-state index contributed by atoms with van der Waals surface area (Å²) in [6.45, 7) is 4.24. The summed E-state index contributed by atoms with van der Waals surface area (Å²) >= 11 is 0. The molecule has 0 bridgehead atoms. The van der Waals surface area contributed by atoms with Crippen LogP contribution in [0.5, 0.6) is 0 Å². The van der Waals surface area contributed by atoms with Crippen LogP contribution in [-0.4, -0.2) is 15.8 Å². The van der Waals surface area contributed by atoms with Crippen molar-refractivity contribution < 1.29 is 9.72 Å². The highest BCUT2D eigenvalue weighted by Crippen LogP contribution is 2.47. The van der Waals surface area contributed by atoms with Crippen LogP contribution in [0.2, 0.25) is 0 Å². The van der Waals surface area contributed by atoms with E-state index in [1.54, 1.807) is 17.0 Å². The second-order valence-electron chi connectivity index (χ2n) is 7.93. The van der Waals surface area contributed by atoms with Gasteiger partial charge < -0.3 is 0 Å². The summed E-state index contributed by atoms with van der Waals surface area (Å²) < 4.78 is 0. The number of anilines is 1. The number of para-hydroxylation sites is 1. The van der Waals surface area contributed by atoms with Crippen LogP contribution in [0.3, 0.4) is 0 Å². The van der Waals surface area contributed by atoms with E-state index >= 15 is 0 Å². The monoisotopic (exact) mass is 371 g/mol. The van der Waals surface area contributed by atoms with E-state index in [1.165, 1.54) is 12.1 Å². The highest BCUT2D eigenvalue weighted by atomic mass is 16.6. The molecule has 0 saturated heterocycles. The molecule has 28 heavy (non-hydrogen) atoms. The smallest absolute Gasteiger partial charge is 0.269 e. The van der Waals surface area contributed by atoms with Gasteiger partial charge >= 0.3 is 0 Å². The number of carbonyl (C=O) groups is 1. The molecule has 2 heterocycles. The number of fused-ring (bicyclic) bond motifs is 2. The first kappa shape index (κ1) is 16.6. The van der Waals surface area contributed by atoms with E-state index in [4.69, 9.17) is 4.98 Å². The molecule has 6 heteroatoms. The fourth-order valence-electron chi connectivity index (χ4n) is 4.19. The highest BCUT2D eigenvalue weighted by Gasteiger charge is 2.42. The molecule has 1 aliphatic heterocycles. The molecule has 1 aromatic heterocycles. The number of benzene rings is 2. The summed E-state index contributed by atoms with van der Waals surface area (Å²) in [5.74, 6) is -0.118. The van der Waals surface area contributed by atoms with Crippen molar-refractivity contribution in [2.24, 2.45) is 5.41 Å². The van der Waals surface area contributed by atoms with Gasteiger partial charge in [-0.3, -0.25) is 24.8 Å². The molecular weight excluding hydrogens is 354 g/mol. The van der Waals surface area contributed by atoms with E-state index < -0.39 is 4.92 Å². The number of aromatic nitrogens is 1. The van der Waals surface area contributed by atoms with E-state index in [0.717, 1.165) is 34.3 Å². The first-order valence-corrected chi connectivity index (χ1v) is 9.09. The Kier molecular flexibility index (Phi) is 3.25. The van der Waals surface area contributed by atoms with E-state index in [2.05, 4.69) is 19.9 Å². The van der Waals surface area contributed by atoms with Crippen LogP contribution in [0.1, 0.15) is 35.5 Å². The molecule has 138 valence electrons. The van der Waals surface area contributed by atoms with Gasteiger partial charge in [0.1, 0.15) is 0 Å². The van der Waals surface area contributed by atoms with Crippen molar-refractivity contribution in [1.29, 1.82) is 0 Å². The van der Waals surface area contributed by atoms with Gasteiger partial charge in [-0.15, -0.1) is 0 Å². The van der Waals surface area contributed by atoms with Crippen molar-refractivity contribution >= 4 is 33.9 Å². The molecule has 0 N–H and O–H groups in total. The van der Waals surface area contributed by atoms with E-state index in [9.17, 15) is 14.9 Å².